The Kier molecular flexibility index (Phi) is 6.57. The number of rotatable bonds is 7. The van der Waals surface area contributed by atoms with Gasteiger partial charge in [0.25, 0.3) is 0 Å². The Balaban J connectivity index is 2.33. The zero-order chi connectivity index (χ0) is 13.4. The lowest BCUT2D eigenvalue weighted by atomic mass is 10.3. The second-order valence-corrected chi connectivity index (χ2v) is 4.26. The minimum absolute atomic E-state index is 0.0466. The first-order chi connectivity index (χ1) is 8.67. The van der Waals surface area contributed by atoms with E-state index in [1.165, 1.54) is 0 Å². The summed E-state index contributed by atoms with van der Waals surface area (Å²) in [6.45, 7) is 3.64. The highest BCUT2D eigenvalue weighted by Gasteiger charge is 2.05. The summed E-state index contributed by atoms with van der Waals surface area (Å²) in [5.74, 6) is 1.65. The maximum Gasteiger partial charge on any atom is 0.233 e. The Bertz CT molecular complexity index is 367. The molecule has 0 aliphatic heterocycles. The summed E-state index contributed by atoms with van der Waals surface area (Å²) >= 11 is 3.13. The van der Waals surface area contributed by atoms with Gasteiger partial charge in [0.15, 0.2) is 0 Å². The van der Waals surface area contributed by atoms with Crippen LogP contribution in [0.2, 0.25) is 0 Å². The topological polar surface area (TPSA) is 38.8 Å². The molecule has 0 saturated heterocycles. The van der Waals surface area contributed by atoms with Crippen LogP contribution >= 0.6 is 15.9 Å². The number of halogens is 1. The molecule has 0 aliphatic rings. The smallest absolute Gasteiger partial charge is 0.233 e. The molecule has 5 heteroatoms. The third-order valence-electron chi connectivity index (χ3n) is 2.37. The van der Waals surface area contributed by atoms with Crippen molar-refractivity contribution in [2.24, 2.45) is 0 Å². The summed E-state index contributed by atoms with van der Waals surface area (Å²) in [6, 6.07) is 7.45. The molecule has 0 aliphatic carbocycles. The van der Waals surface area contributed by atoms with Crippen LogP contribution in [-0.2, 0) is 4.79 Å². The van der Waals surface area contributed by atoms with Crippen molar-refractivity contribution in [3.8, 4) is 11.5 Å². The lowest BCUT2D eigenvalue weighted by Gasteiger charge is -2.16. The molecule has 0 aromatic heterocycles. The van der Waals surface area contributed by atoms with Crippen molar-refractivity contribution >= 4 is 21.8 Å². The van der Waals surface area contributed by atoms with E-state index in [0.717, 1.165) is 11.5 Å². The summed E-state index contributed by atoms with van der Waals surface area (Å²) in [5.41, 5.74) is 0. The van der Waals surface area contributed by atoms with Crippen molar-refractivity contribution < 1.29 is 14.3 Å². The largest absolute Gasteiger partial charge is 0.494 e. The van der Waals surface area contributed by atoms with Crippen molar-refractivity contribution in [2.75, 3.05) is 32.1 Å². The molecule has 0 unspecified atom stereocenters. The van der Waals surface area contributed by atoms with Crippen LogP contribution in [0.15, 0.2) is 24.3 Å². The molecule has 0 saturated carbocycles. The second kappa shape index (κ2) is 7.97. The molecule has 1 aromatic carbocycles. The van der Waals surface area contributed by atoms with Gasteiger partial charge >= 0.3 is 0 Å². The van der Waals surface area contributed by atoms with Crippen molar-refractivity contribution in [1.29, 1.82) is 0 Å². The zero-order valence-electron chi connectivity index (χ0n) is 10.7. The molecule has 1 rings (SSSR count). The van der Waals surface area contributed by atoms with E-state index in [2.05, 4.69) is 15.9 Å². The highest BCUT2D eigenvalue weighted by molar-refractivity contribution is 9.09. The molecular weight excluding hydrogens is 298 g/mol. The fraction of sp³-hybridized carbons (Fsp3) is 0.462. The number of hydrogen-bond acceptors (Lipinski definition) is 3. The summed E-state index contributed by atoms with van der Waals surface area (Å²) in [6.07, 6.45) is 0. The Morgan fingerprint density at radius 3 is 2.28 bits per heavy atom. The number of hydrogen-bond donors (Lipinski definition) is 0. The molecule has 0 spiro atoms. The molecule has 100 valence electrons. The number of ether oxygens (including phenoxy) is 2. The van der Waals surface area contributed by atoms with Crippen molar-refractivity contribution in [3.05, 3.63) is 24.3 Å². The lowest BCUT2D eigenvalue weighted by Crippen LogP contribution is -2.31. The van der Waals surface area contributed by atoms with Crippen molar-refractivity contribution in [1.82, 2.24) is 4.90 Å². The van der Waals surface area contributed by atoms with Crippen LogP contribution in [0.3, 0.4) is 0 Å². The molecule has 4 nitrogen and oxygen atoms in total. The minimum Gasteiger partial charge on any atom is -0.494 e. The van der Waals surface area contributed by atoms with Crippen LogP contribution in [-0.4, -0.2) is 42.9 Å². The van der Waals surface area contributed by atoms with Crippen molar-refractivity contribution in [2.45, 2.75) is 6.92 Å². The predicted octanol–water partition coefficient (Wildman–Crippen LogP) is 2.32. The Labute approximate surface area is 116 Å². The summed E-state index contributed by atoms with van der Waals surface area (Å²) in [7, 11) is 1.76. The van der Waals surface area contributed by atoms with Gasteiger partial charge in [-0.25, -0.2) is 0 Å². The molecule has 0 N–H and O–H groups in total. The van der Waals surface area contributed by atoms with Gasteiger partial charge in [0, 0.05) is 7.05 Å². The van der Waals surface area contributed by atoms with Gasteiger partial charge in [-0.05, 0) is 31.2 Å². The number of amides is 1. The normalized spacial score (nSPS) is 9.94. The number of carbonyl (C=O) groups excluding carboxylic acids is 1. The highest BCUT2D eigenvalue weighted by atomic mass is 79.9. The average Bonchev–Trinajstić information content (AvgIpc) is 2.40. The minimum atomic E-state index is 0.0466. The second-order valence-electron chi connectivity index (χ2n) is 3.70. The van der Waals surface area contributed by atoms with Crippen LogP contribution in [0.4, 0.5) is 0 Å². The van der Waals surface area contributed by atoms with Gasteiger partial charge < -0.3 is 14.4 Å². The van der Waals surface area contributed by atoms with Gasteiger partial charge in [-0.15, -0.1) is 0 Å². The Morgan fingerprint density at radius 2 is 1.78 bits per heavy atom. The SMILES string of the molecule is CCOc1ccc(OCCN(C)C(=O)CBr)cc1. The van der Waals surface area contributed by atoms with Crippen LogP contribution in [0.25, 0.3) is 0 Å². The third-order valence-corrected chi connectivity index (χ3v) is 2.85. The molecule has 0 atom stereocenters. The molecule has 0 radical (unpaired) electrons. The fourth-order valence-electron chi connectivity index (χ4n) is 1.33. The summed E-state index contributed by atoms with van der Waals surface area (Å²) < 4.78 is 10.9. The van der Waals surface area contributed by atoms with Crippen LogP contribution in [0.5, 0.6) is 11.5 Å². The number of nitrogens with zero attached hydrogens (tertiary/aromatic N) is 1. The first kappa shape index (κ1) is 14.8. The van der Waals surface area contributed by atoms with E-state index >= 15 is 0 Å². The zero-order valence-corrected chi connectivity index (χ0v) is 12.3. The fourth-order valence-corrected chi connectivity index (χ4v) is 1.75. The highest BCUT2D eigenvalue weighted by Crippen LogP contribution is 2.17. The first-order valence-corrected chi connectivity index (χ1v) is 6.95. The van der Waals surface area contributed by atoms with E-state index < -0.39 is 0 Å². The maximum absolute atomic E-state index is 11.3. The van der Waals surface area contributed by atoms with Gasteiger partial charge in [-0.3, -0.25) is 4.79 Å². The van der Waals surface area contributed by atoms with E-state index in [9.17, 15) is 4.79 Å². The number of carbonyl (C=O) groups is 1. The van der Waals surface area contributed by atoms with E-state index in [1.807, 2.05) is 31.2 Å². The van der Waals surface area contributed by atoms with Gasteiger partial charge in [0.05, 0.1) is 18.5 Å². The number of likely N-dealkylation sites (N-methyl/N-ethyl adjacent to an activating group) is 1. The quantitative estimate of drug-likeness (QED) is 0.725. The standard InChI is InChI=1S/C13H18BrNO3/c1-3-17-11-4-6-12(7-5-11)18-9-8-15(2)13(16)10-14/h4-7H,3,8-10H2,1-2H3. The number of alkyl halides is 1. The Hall–Kier alpha value is -1.23. The van der Waals surface area contributed by atoms with Crippen LogP contribution < -0.4 is 9.47 Å². The van der Waals surface area contributed by atoms with Gasteiger partial charge in [-0.1, -0.05) is 15.9 Å². The number of benzene rings is 1. The van der Waals surface area contributed by atoms with Crippen LogP contribution in [0.1, 0.15) is 6.92 Å². The molecule has 0 bridgehead atoms. The van der Waals surface area contributed by atoms with Crippen LogP contribution in [0, 0.1) is 0 Å². The van der Waals surface area contributed by atoms with Gasteiger partial charge in [0.2, 0.25) is 5.91 Å². The maximum atomic E-state index is 11.3. The molecule has 1 amide bonds. The lowest BCUT2D eigenvalue weighted by molar-refractivity contribution is -0.127. The monoisotopic (exact) mass is 315 g/mol. The predicted molar refractivity (Wildman–Crippen MR) is 74.5 cm³/mol. The average molecular weight is 316 g/mol. The van der Waals surface area contributed by atoms with E-state index in [1.54, 1.807) is 11.9 Å². The van der Waals surface area contributed by atoms with Crippen molar-refractivity contribution in [3.63, 3.8) is 0 Å². The Morgan fingerprint density at radius 1 is 1.22 bits per heavy atom. The summed E-state index contributed by atoms with van der Waals surface area (Å²) in [4.78, 5) is 12.9. The van der Waals surface area contributed by atoms with E-state index in [0.29, 0.717) is 25.1 Å². The molecule has 1 aromatic rings. The summed E-state index contributed by atoms with van der Waals surface area (Å²) in [5, 5.41) is 0.340. The van der Waals surface area contributed by atoms with Gasteiger partial charge in [0.1, 0.15) is 18.1 Å². The van der Waals surface area contributed by atoms with E-state index in [4.69, 9.17) is 9.47 Å². The van der Waals surface area contributed by atoms with Gasteiger partial charge in [-0.2, -0.15) is 0 Å². The molecule has 0 fully saturated rings. The molecule has 0 heterocycles. The third kappa shape index (κ3) is 4.96. The molecular formula is C13H18BrNO3. The molecule has 18 heavy (non-hydrogen) atoms. The van der Waals surface area contributed by atoms with E-state index in [-0.39, 0.29) is 5.91 Å². The first-order valence-electron chi connectivity index (χ1n) is 5.83.